The summed E-state index contributed by atoms with van der Waals surface area (Å²) in [4.78, 5) is 24.5. The van der Waals surface area contributed by atoms with Gasteiger partial charge in [0.25, 0.3) is 15.9 Å². The van der Waals surface area contributed by atoms with Gasteiger partial charge in [-0.15, -0.1) is 0 Å². The first kappa shape index (κ1) is 23.7. The van der Waals surface area contributed by atoms with Crippen molar-refractivity contribution >= 4 is 22.0 Å². The van der Waals surface area contributed by atoms with Gasteiger partial charge in [-0.1, -0.05) is 30.1 Å². The van der Waals surface area contributed by atoms with E-state index < -0.39 is 16.1 Å². The normalized spacial score (nSPS) is 15.1. The number of rotatable bonds is 7. The molecule has 1 aliphatic rings. The summed E-state index contributed by atoms with van der Waals surface area (Å²) >= 11 is 0. The van der Waals surface area contributed by atoms with Crippen LogP contribution in [0.2, 0.25) is 0 Å². The molecule has 0 spiro atoms. The van der Waals surface area contributed by atoms with Gasteiger partial charge in [-0.25, -0.2) is 22.5 Å². The summed E-state index contributed by atoms with van der Waals surface area (Å²) in [5.74, 6) is 0.218. The van der Waals surface area contributed by atoms with E-state index in [0.717, 1.165) is 35.6 Å². The molecule has 1 aliphatic heterocycles. The second kappa shape index (κ2) is 10.6. The predicted molar refractivity (Wildman–Crippen MR) is 117 cm³/mol. The zero-order chi connectivity index (χ0) is 23.1. The SMILES string of the molecule is Cc1cc(C(=O)NCCc2ccc(S(=O)(=O)N(C)C(=O)NN3CCCCCC3)cc2)no1. The highest BCUT2D eigenvalue weighted by Crippen LogP contribution is 2.16. The van der Waals surface area contributed by atoms with Gasteiger partial charge in [0.15, 0.2) is 5.69 Å². The smallest absolute Gasteiger partial charge is 0.345 e. The third-order valence-corrected chi connectivity index (χ3v) is 7.04. The number of carbonyl (C=O) groups is 2. The van der Waals surface area contributed by atoms with Gasteiger partial charge in [-0.05, 0) is 43.9 Å². The standard InChI is InChI=1S/C21H29N5O5S/c1-16-15-19(24-31-16)20(27)22-12-11-17-7-9-18(10-8-17)32(29,30)25(2)21(28)23-26-13-5-3-4-6-14-26/h7-10,15H,3-6,11-14H2,1-2H3,(H,22,27)(H,23,28). The second-order valence-corrected chi connectivity index (χ2v) is 9.73. The summed E-state index contributed by atoms with van der Waals surface area (Å²) in [6, 6.07) is 7.13. The Bertz CT molecular complexity index is 1030. The van der Waals surface area contributed by atoms with E-state index in [4.69, 9.17) is 4.52 Å². The fourth-order valence-electron chi connectivity index (χ4n) is 3.37. The maximum absolute atomic E-state index is 12.8. The molecule has 0 radical (unpaired) electrons. The van der Waals surface area contributed by atoms with Crippen LogP contribution in [0, 0.1) is 6.92 Å². The minimum atomic E-state index is -3.98. The molecule has 3 amide bonds. The lowest BCUT2D eigenvalue weighted by Crippen LogP contribution is -2.49. The number of amides is 3. The number of hydrogen-bond donors (Lipinski definition) is 2. The molecule has 10 nitrogen and oxygen atoms in total. The first-order valence-electron chi connectivity index (χ1n) is 10.6. The van der Waals surface area contributed by atoms with Crippen molar-refractivity contribution < 1.29 is 22.5 Å². The third-order valence-electron chi connectivity index (χ3n) is 5.29. The van der Waals surface area contributed by atoms with E-state index in [1.165, 1.54) is 19.2 Å². The number of carbonyl (C=O) groups excluding carboxylic acids is 2. The zero-order valence-corrected chi connectivity index (χ0v) is 19.2. The molecular weight excluding hydrogens is 434 g/mol. The van der Waals surface area contributed by atoms with E-state index in [-0.39, 0.29) is 16.5 Å². The average molecular weight is 464 g/mol. The molecule has 174 valence electrons. The van der Waals surface area contributed by atoms with Crippen molar-refractivity contribution in [3.05, 3.63) is 47.3 Å². The molecule has 0 aliphatic carbocycles. The van der Waals surface area contributed by atoms with Crippen molar-refractivity contribution in [2.75, 3.05) is 26.7 Å². The van der Waals surface area contributed by atoms with Crippen LogP contribution in [0.25, 0.3) is 0 Å². The molecule has 11 heteroatoms. The molecule has 0 unspecified atom stereocenters. The number of nitrogens with one attached hydrogen (secondary N) is 2. The Morgan fingerprint density at radius 3 is 2.38 bits per heavy atom. The van der Waals surface area contributed by atoms with Crippen LogP contribution in [0.15, 0.2) is 39.8 Å². The van der Waals surface area contributed by atoms with Crippen LogP contribution in [0.1, 0.15) is 47.5 Å². The average Bonchev–Trinajstić information content (AvgIpc) is 3.05. The number of urea groups is 1. The molecule has 1 saturated heterocycles. The highest BCUT2D eigenvalue weighted by molar-refractivity contribution is 7.89. The number of hydrazine groups is 1. The van der Waals surface area contributed by atoms with Crippen molar-refractivity contribution in [2.24, 2.45) is 0 Å². The van der Waals surface area contributed by atoms with Crippen LogP contribution < -0.4 is 10.7 Å². The van der Waals surface area contributed by atoms with E-state index in [9.17, 15) is 18.0 Å². The quantitative estimate of drug-likeness (QED) is 0.644. The van der Waals surface area contributed by atoms with Gasteiger partial charge in [0.1, 0.15) is 5.76 Å². The van der Waals surface area contributed by atoms with E-state index in [0.29, 0.717) is 31.8 Å². The Kier molecular flexibility index (Phi) is 7.86. The zero-order valence-electron chi connectivity index (χ0n) is 18.3. The Balaban J connectivity index is 1.53. The highest BCUT2D eigenvalue weighted by Gasteiger charge is 2.27. The molecule has 0 bridgehead atoms. The summed E-state index contributed by atoms with van der Waals surface area (Å²) in [5.41, 5.74) is 3.75. The lowest BCUT2D eigenvalue weighted by molar-refractivity contribution is 0.0945. The van der Waals surface area contributed by atoms with Crippen LogP contribution in [0.5, 0.6) is 0 Å². The number of aryl methyl sites for hydroxylation is 1. The lowest BCUT2D eigenvalue weighted by Gasteiger charge is -2.25. The van der Waals surface area contributed by atoms with E-state index in [1.54, 1.807) is 30.1 Å². The van der Waals surface area contributed by atoms with Gasteiger partial charge < -0.3 is 9.84 Å². The summed E-state index contributed by atoms with van der Waals surface area (Å²) in [7, 11) is -2.73. The molecule has 3 rings (SSSR count). The second-order valence-electron chi connectivity index (χ2n) is 7.76. The molecule has 0 atom stereocenters. The van der Waals surface area contributed by atoms with Gasteiger partial charge in [0.05, 0.1) is 4.90 Å². The van der Waals surface area contributed by atoms with Crippen LogP contribution in [-0.4, -0.2) is 61.5 Å². The molecule has 1 aromatic heterocycles. The maximum atomic E-state index is 12.8. The fourth-order valence-corrected chi connectivity index (χ4v) is 4.42. The Hall–Kier alpha value is -2.92. The number of nitrogens with zero attached hydrogens (tertiary/aromatic N) is 3. The summed E-state index contributed by atoms with van der Waals surface area (Å²) in [6.45, 7) is 3.48. The van der Waals surface area contributed by atoms with Crippen molar-refractivity contribution in [3.8, 4) is 0 Å². The first-order valence-corrected chi connectivity index (χ1v) is 12.1. The Labute approximate surface area is 188 Å². The molecule has 2 N–H and O–H groups in total. The largest absolute Gasteiger partial charge is 0.361 e. The van der Waals surface area contributed by atoms with Crippen LogP contribution in [0.3, 0.4) is 0 Å². The molecule has 1 fully saturated rings. The van der Waals surface area contributed by atoms with E-state index in [1.807, 2.05) is 0 Å². The van der Waals surface area contributed by atoms with Crippen molar-refractivity contribution in [2.45, 2.75) is 43.9 Å². The van der Waals surface area contributed by atoms with E-state index in [2.05, 4.69) is 15.9 Å². The summed E-state index contributed by atoms with van der Waals surface area (Å²) < 4.78 is 31.3. The van der Waals surface area contributed by atoms with Crippen LogP contribution in [0.4, 0.5) is 4.79 Å². The van der Waals surface area contributed by atoms with Gasteiger partial charge >= 0.3 is 6.03 Å². The summed E-state index contributed by atoms with van der Waals surface area (Å²) in [6.07, 6.45) is 4.66. The number of benzene rings is 1. The summed E-state index contributed by atoms with van der Waals surface area (Å²) in [5, 5.41) is 8.17. The molecule has 0 saturated carbocycles. The van der Waals surface area contributed by atoms with Crippen molar-refractivity contribution in [3.63, 3.8) is 0 Å². The van der Waals surface area contributed by atoms with Crippen molar-refractivity contribution in [1.29, 1.82) is 0 Å². The van der Waals surface area contributed by atoms with Gasteiger partial charge in [-0.2, -0.15) is 0 Å². The van der Waals surface area contributed by atoms with Crippen LogP contribution in [-0.2, 0) is 16.4 Å². The molecule has 32 heavy (non-hydrogen) atoms. The minimum Gasteiger partial charge on any atom is -0.361 e. The fraction of sp³-hybridized carbons (Fsp3) is 0.476. The molecule has 1 aromatic carbocycles. The number of aromatic nitrogens is 1. The van der Waals surface area contributed by atoms with Crippen molar-refractivity contribution in [1.82, 2.24) is 25.2 Å². The maximum Gasteiger partial charge on any atom is 0.345 e. The number of sulfonamides is 1. The number of hydrogen-bond acceptors (Lipinski definition) is 7. The minimum absolute atomic E-state index is 0.0249. The Morgan fingerprint density at radius 2 is 1.78 bits per heavy atom. The van der Waals surface area contributed by atoms with E-state index >= 15 is 0 Å². The van der Waals surface area contributed by atoms with Gasteiger partial charge in [0.2, 0.25) is 0 Å². The monoisotopic (exact) mass is 463 g/mol. The highest BCUT2D eigenvalue weighted by atomic mass is 32.2. The predicted octanol–water partition coefficient (Wildman–Crippen LogP) is 2.08. The Morgan fingerprint density at radius 1 is 1.12 bits per heavy atom. The van der Waals surface area contributed by atoms with Crippen LogP contribution >= 0.6 is 0 Å². The molecule has 2 heterocycles. The lowest BCUT2D eigenvalue weighted by atomic mass is 10.1. The van der Waals surface area contributed by atoms with Gasteiger partial charge in [-0.3, -0.25) is 10.2 Å². The topological polar surface area (TPSA) is 125 Å². The van der Waals surface area contributed by atoms with Gasteiger partial charge in [0, 0.05) is 32.7 Å². The molecule has 2 aromatic rings. The first-order chi connectivity index (χ1) is 15.3. The molecular formula is C21H29N5O5S. The third kappa shape index (κ3) is 6.07.